The lowest BCUT2D eigenvalue weighted by molar-refractivity contribution is 0.329. The Morgan fingerprint density at radius 2 is 1.80 bits per heavy atom. The van der Waals surface area contributed by atoms with Gasteiger partial charge >= 0.3 is 0 Å². The lowest BCUT2D eigenvalue weighted by atomic mass is 10.3. The van der Waals surface area contributed by atoms with E-state index in [-0.39, 0.29) is 12.4 Å². The number of ether oxygens (including phenoxy) is 1. The van der Waals surface area contributed by atoms with Gasteiger partial charge in [-0.3, -0.25) is 5.41 Å². The van der Waals surface area contributed by atoms with E-state index in [0.29, 0.717) is 27.2 Å². The topological polar surface area (TPSA) is 59.1 Å². The number of hydrogen-bond donors (Lipinski definition) is 2. The lowest BCUT2D eigenvalue weighted by Crippen LogP contribution is -2.13. The van der Waals surface area contributed by atoms with Crippen molar-refractivity contribution in [1.82, 2.24) is 0 Å². The first-order chi connectivity index (χ1) is 7.00. The summed E-state index contributed by atoms with van der Waals surface area (Å²) in [6.45, 7) is 0.260. The highest BCUT2D eigenvalue weighted by atomic mass is 35.5. The molecule has 1 rings (SSSR count). The van der Waals surface area contributed by atoms with E-state index in [2.05, 4.69) is 0 Å². The van der Waals surface area contributed by atoms with Crippen LogP contribution in [0.3, 0.4) is 0 Å². The Labute approximate surface area is 103 Å². The summed E-state index contributed by atoms with van der Waals surface area (Å²) in [5.41, 5.74) is 5.17. The molecule has 3 N–H and O–H groups in total. The van der Waals surface area contributed by atoms with Crippen molar-refractivity contribution < 1.29 is 4.74 Å². The fourth-order valence-corrected chi connectivity index (χ4v) is 1.86. The van der Waals surface area contributed by atoms with Gasteiger partial charge in [-0.15, -0.1) is 0 Å². The molecule has 1 aromatic rings. The highest BCUT2D eigenvalue weighted by molar-refractivity contribution is 6.40. The van der Waals surface area contributed by atoms with E-state index in [0.717, 1.165) is 0 Å². The molecule has 1 aromatic carbocycles. The molecule has 82 valence electrons. The molecule has 15 heavy (non-hydrogen) atoms. The molecule has 0 radical (unpaired) electrons. The maximum absolute atomic E-state index is 7.01. The lowest BCUT2D eigenvalue weighted by Gasteiger charge is -2.09. The van der Waals surface area contributed by atoms with E-state index in [1.54, 1.807) is 0 Å². The Hall–Kier alpha value is -0.640. The summed E-state index contributed by atoms with van der Waals surface area (Å²) in [5.74, 6) is 0.417. The molecular formula is C9H9Cl3N2O. The van der Waals surface area contributed by atoms with Crippen LogP contribution in [0.5, 0.6) is 5.75 Å². The molecule has 0 bridgehead atoms. The van der Waals surface area contributed by atoms with Gasteiger partial charge in [-0.25, -0.2) is 0 Å². The average Bonchev–Trinajstić information content (AvgIpc) is 2.08. The van der Waals surface area contributed by atoms with Crippen molar-refractivity contribution in [1.29, 1.82) is 5.41 Å². The van der Waals surface area contributed by atoms with Crippen LogP contribution in [0.25, 0.3) is 0 Å². The quantitative estimate of drug-likeness (QED) is 0.649. The van der Waals surface area contributed by atoms with Crippen molar-refractivity contribution >= 4 is 40.6 Å². The standard InChI is InChI=1S/C9H9Cl3N2O/c10-5-3-6(11)9(7(12)4-5)15-2-1-8(13)14/h3-4H,1-2H2,(H3,13,14). The Bertz CT molecular complexity index is 359. The van der Waals surface area contributed by atoms with Gasteiger partial charge in [0.05, 0.1) is 22.5 Å². The van der Waals surface area contributed by atoms with Gasteiger partial charge in [0.25, 0.3) is 0 Å². The van der Waals surface area contributed by atoms with Crippen LogP contribution in [-0.2, 0) is 0 Å². The van der Waals surface area contributed by atoms with E-state index in [9.17, 15) is 0 Å². The zero-order valence-corrected chi connectivity index (χ0v) is 9.96. The minimum atomic E-state index is 0.0520. The first kappa shape index (κ1) is 12.4. The van der Waals surface area contributed by atoms with Gasteiger partial charge in [0.2, 0.25) is 0 Å². The van der Waals surface area contributed by atoms with E-state index >= 15 is 0 Å². The third-order valence-electron chi connectivity index (χ3n) is 1.58. The average molecular weight is 268 g/mol. The van der Waals surface area contributed by atoms with E-state index in [1.165, 1.54) is 12.1 Å². The Balaban J connectivity index is 2.72. The molecular weight excluding hydrogens is 258 g/mol. The van der Waals surface area contributed by atoms with Gasteiger partial charge in [0.15, 0.2) is 5.75 Å². The van der Waals surface area contributed by atoms with E-state index in [4.69, 9.17) is 50.7 Å². The number of amidine groups is 1. The molecule has 0 fully saturated rings. The summed E-state index contributed by atoms with van der Waals surface area (Å²) in [6, 6.07) is 3.08. The maximum atomic E-state index is 7.01. The van der Waals surface area contributed by atoms with Crippen molar-refractivity contribution in [2.24, 2.45) is 5.73 Å². The number of rotatable bonds is 4. The normalized spacial score (nSPS) is 10.1. The molecule has 0 atom stereocenters. The zero-order valence-electron chi connectivity index (χ0n) is 7.69. The molecule has 6 heteroatoms. The van der Waals surface area contributed by atoms with Gasteiger partial charge in [-0.05, 0) is 12.1 Å². The number of nitrogens with two attached hydrogens (primary N) is 1. The fourth-order valence-electron chi connectivity index (χ4n) is 0.930. The second-order valence-corrected chi connectivity index (χ2v) is 4.07. The van der Waals surface area contributed by atoms with Crippen LogP contribution in [0.1, 0.15) is 6.42 Å². The molecule has 0 aliphatic rings. The van der Waals surface area contributed by atoms with Crippen LogP contribution in [0, 0.1) is 5.41 Å². The predicted molar refractivity (Wildman–Crippen MR) is 63.5 cm³/mol. The Morgan fingerprint density at radius 1 is 1.27 bits per heavy atom. The van der Waals surface area contributed by atoms with E-state index in [1.807, 2.05) is 0 Å². The van der Waals surface area contributed by atoms with Crippen molar-refractivity contribution in [3.8, 4) is 5.75 Å². The van der Waals surface area contributed by atoms with Crippen molar-refractivity contribution in [2.75, 3.05) is 6.61 Å². The van der Waals surface area contributed by atoms with Gasteiger partial charge in [0, 0.05) is 11.4 Å². The summed E-state index contributed by atoms with van der Waals surface area (Å²) < 4.78 is 5.29. The highest BCUT2D eigenvalue weighted by Gasteiger charge is 2.08. The second-order valence-electron chi connectivity index (χ2n) is 2.82. The first-order valence-corrected chi connectivity index (χ1v) is 5.24. The van der Waals surface area contributed by atoms with Gasteiger partial charge < -0.3 is 10.5 Å². The van der Waals surface area contributed by atoms with Gasteiger partial charge in [0.1, 0.15) is 0 Å². The van der Waals surface area contributed by atoms with Crippen molar-refractivity contribution in [3.63, 3.8) is 0 Å². The number of hydrogen-bond acceptors (Lipinski definition) is 2. The minimum absolute atomic E-state index is 0.0520. The second kappa shape index (κ2) is 5.45. The first-order valence-electron chi connectivity index (χ1n) is 4.11. The molecule has 0 spiro atoms. The van der Waals surface area contributed by atoms with Crippen molar-refractivity contribution in [2.45, 2.75) is 6.42 Å². The molecule has 3 nitrogen and oxygen atoms in total. The van der Waals surface area contributed by atoms with Gasteiger partial charge in [-0.2, -0.15) is 0 Å². The fraction of sp³-hybridized carbons (Fsp3) is 0.222. The van der Waals surface area contributed by atoms with Crippen LogP contribution < -0.4 is 10.5 Å². The molecule has 0 saturated heterocycles. The summed E-state index contributed by atoms with van der Waals surface area (Å²) in [7, 11) is 0. The molecule has 0 aromatic heterocycles. The molecule has 0 aliphatic carbocycles. The third-order valence-corrected chi connectivity index (χ3v) is 2.36. The molecule has 0 unspecified atom stereocenters. The monoisotopic (exact) mass is 266 g/mol. The smallest absolute Gasteiger partial charge is 0.156 e. The van der Waals surface area contributed by atoms with Crippen LogP contribution >= 0.6 is 34.8 Å². The van der Waals surface area contributed by atoms with Crippen LogP contribution in [0.2, 0.25) is 15.1 Å². The molecule has 0 amide bonds. The molecule has 0 heterocycles. The maximum Gasteiger partial charge on any atom is 0.156 e. The minimum Gasteiger partial charge on any atom is -0.490 e. The third kappa shape index (κ3) is 3.78. The molecule has 0 aliphatic heterocycles. The summed E-state index contributed by atoms with van der Waals surface area (Å²) >= 11 is 17.5. The largest absolute Gasteiger partial charge is 0.490 e. The summed E-state index contributed by atoms with van der Waals surface area (Å²) in [5, 5.41) is 8.15. The zero-order chi connectivity index (χ0) is 11.4. The van der Waals surface area contributed by atoms with Gasteiger partial charge in [-0.1, -0.05) is 34.8 Å². The number of nitrogens with one attached hydrogen (secondary N) is 1. The van der Waals surface area contributed by atoms with Crippen LogP contribution in [-0.4, -0.2) is 12.4 Å². The Morgan fingerprint density at radius 3 is 2.27 bits per heavy atom. The number of halogens is 3. The van der Waals surface area contributed by atoms with Crippen LogP contribution in [0.4, 0.5) is 0 Å². The summed E-state index contributed by atoms with van der Waals surface area (Å²) in [6.07, 6.45) is 0.329. The highest BCUT2D eigenvalue weighted by Crippen LogP contribution is 2.35. The van der Waals surface area contributed by atoms with E-state index < -0.39 is 0 Å². The number of benzene rings is 1. The van der Waals surface area contributed by atoms with Crippen LogP contribution in [0.15, 0.2) is 12.1 Å². The SMILES string of the molecule is N=C(N)CCOc1c(Cl)cc(Cl)cc1Cl. The predicted octanol–water partition coefficient (Wildman–Crippen LogP) is 3.35. The van der Waals surface area contributed by atoms with Crippen molar-refractivity contribution in [3.05, 3.63) is 27.2 Å². The summed E-state index contributed by atoms with van der Waals surface area (Å²) in [4.78, 5) is 0. The molecule has 0 saturated carbocycles. The Kier molecular flexibility index (Phi) is 4.51.